The Morgan fingerprint density at radius 1 is 1.00 bits per heavy atom. The van der Waals surface area contributed by atoms with Crippen LogP contribution in [0.25, 0.3) is 11.3 Å². The van der Waals surface area contributed by atoms with E-state index in [2.05, 4.69) is 30.3 Å². The van der Waals surface area contributed by atoms with Gasteiger partial charge in [-0.25, -0.2) is 4.98 Å². The first-order valence-electron chi connectivity index (χ1n) is 8.54. The predicted molar refractivity (Wildman–Crippen MR) is 94.5 cm³/mol. The van der Waals surface area contributed by atoms with Gasteiger partial charge in [0.2, 0.25) is 0 Å². The Hall–Kier alpha value is -1.79. The molecule has 2 aliphatic rings. The highest BCUT2D eigenvalue weighted by Crippen LogP contribution is 2.41. The molecule has 1 aromatic carbocycles. The summed E-state index contributed by atoms with van der Waals surface area (Å²) in [7, 11) is 0. The van der Waals surface area contributed by atoms with Gasteiger partial charge in [-0.1, -0.05) is 43.2 Å². The molecule has 0 amide bonds. The van der Waals surface area contributed by atoms with Crippen molar-refractivity contribution in [3.63, 3.8) is 0 Å². The van der Waals surface area contributed by atoms with Gasteiger partial charge in [-0.2, -0.15) is 5.26 Å². The highest BCUT2D eigenvalue weighted by atomic mass is 32.2. The third kappa shape index (κ3) is 2.77. The first kappa shape index (κ1) is 14.8. The summed E-state index contributed by atoms with van der Waals surface area (Å²) in [5.74, 6) is 0. The van der Waals surface area contributed by atoms with Gasteiger partial charge in [0.05, 0.1) is 11.3 Å². The molecule has 1 heterocycles. The van der Waals surface area contributed by atoms with Crippen LogP contribution in [0.2, 0.25) is 0 Å². The van der Waals surface area contributed by atoms with Crippen molar-refractivity contribution in [3.8, 4) is 17.3 Å². The average Bonchev–Trinajstić information content (AvgIpc) is 3.26. The van der Waals surface area contributed by atoms with Crippen molar-refractivity contribution in [2.45, 2.75) is 55.2 Å². The van der Waals surface area contributed by atoms with Crippen LogP contribution in [0, 0.1) is 11.3 Å². The molecule has 2 aliphatic carbocycles. The standard InChI is InChI=1S/C20H20N2S/c21-13-18-16-11-6-12-17(16)19(14-7-2-1-3-8-14)22-20(18)23-15-9-4-5-10-15/h1-3,7-8,15H,4-6,9-12H2. The third-order valence-electron chi connectivity index (χ3n) is 4.97. The number of nitrogens with zero attached hydrogens (tertiary/aromatic N) is 2. The maximum atomic E-state index is 9.71. The molecule has 0 saturated heterocycles. The molecule has 1 saturated carbocycles. The van der Waals surface area contributed by atoms with Crippen molar-refractivity contribution in [2.24, 2.45) is 0 Å². The van der Waals surface area contributed by atoms with Gasteiger partial charge in [-0.15, -0.1) is 11.8 Å². The van der Waals surface area contributed by atoms with E-state index in [1.54, 1.807) is 0 Å². The molecule has 0 radical (unpaired) electrons. The van der Waals surface area contributed by atoms with E-state index < -0.39 is 0 Å². The van der Waals surface area contributed by atoms with Gasteiger partial charge in [0.1, 0.15) is 11.1 Å². The molecule has 1 fully saturated rings. The SMILES string of the molecule is N#Cc1c(SC2CCCC2)nc(-c2ccccc2)c2c1CCC2. The van der Waals surface area contributed by atoms with Crippen LogP contribution in [0.3, 0.4) is 0 Å². The van der Waals surface area contributed by atoms with E-state index in [4.69, 9.17) is 4.98 Å². The topological polar surface area (TPSA) is 36.7 Å². The van der Waals surface area contributed by atoms with E-state index in [-0.39, 0.29) is 0 Å². The minimum Gasteiger partial charge on any atom is -0.240 e. The van der Waals surface area contributed by atoms with Gasteiger partial charge in [0.15, 0.2) is 0 Å². The van der Waals surface area contributed by atoms with Crippen LogP contribution in [0.15, 0.2) is 35.4 Å². The molecule has 0 unspecified atom stereocenters. The lowest BCUT2D eigenvalue weighted by molar-refractivity contribution is 0.886. The second kappa shape index (κ2) is 6.37. The van der Waals surface area contributed by atoms with Crippen LogP contribution in [-0.4, -0.2) is 10.2 Å². The molecule has 0 atom stereocenters. The third-order valence-corrected chi connectivity index (χ3v) is 6.30. The van der Waals surface area contributed by atoms with Crippen molar-refractivity contribution in [1.82, 2.24) is 4.98 Å². The van der Waals surface area contributed by atoms with Crippen LogP contribution in [0.1, 0.15) is 48.8 Å². The number of benzene rings is 1. The zero-order valence-corrected chi connectivity index (χ0v) is 14.0. The molecule has 23 heavy (non-hydrogen) atoms. The van der Waals surface area contributed by atoms with Crippen LogP contribution in [0.5, 0.6) is 0 Å². The quantitative estimate of drug-likeness (QED) is 0.785. The van der Waals surface area contributed by atoms with Crippen molar-refractivity contribution in [2.75, 3.05) is 0 Å². The van der Waals surface area contributed by atoms with Crippen molar-refractivity contribution in [1.29, 1.82) is 5.26 Å². The average molecular weight is 320 g/mol. The molecule has 0 bridgehead atoms. The Morgan fingerprint density at radius 3 is 2.48 bits per heavy atom. The molecule has 0 N–H and O–H groups in total. The zero-order valence-electron chi connectivity index (χ0n) is 13.2. The number of fused-ring (bicyclic) bond motifs is 1. The monoisotopic (exact) mass is 320 g/mol. The van der Waals surface area contributed by atoms with Gasteiger partial charge in [-0.3, -0.25) is 0 Å². The van der Waals surface area contributed by atoms with Gasteiger partial charge in [0, 0.05) is 10.8 Å². The van der Waals surface area contributed by atoms with Gasteiger partial charge < -0.3 is 0 Å². The molecule has 2 nitrogen and oxygen atoms in total. The van der Waals surface area contributed by atoms with Crippen LogP contribution >= 0.6 is 11.8 Å². The highest BCUT2D eigenvalue weighted by molar-refractivity contribution is 7.99. The summed E-state index contributed by atoms with van der Waals surface area (Å²) in [6, 6.07) is 12.9. The predicted octanol–water partition coefficient (Wildman–Crippen LogP) is 5.14. The van der Waals surface area contributed by atoms with Gasteiger partial charge in [-0.05, 0) is 43.2 Å². The molecule has 116 valence electrons. The fourth-order valence-electron chi connectivity index (χ4n) is 3.83. The summed E-state index contributed by atoms with van der Waals surface area (Å²) < 4.78 is 0. The Balaban J connectivity index is 1.83. The maximum absolute atomic E-state index is 9.71. The first-order valence-corrected chi connectivity index (χ1v) is 9.42. The van der Waals surface area contributed by atoms with Crippen LogP contribution in [-0.2, 0) is 12.8 Å². The highest BCUT2D eigenvalue weighted by Gasteiger charge is 2.26. The number of hydrogen-bond donors (Lipinski definition) is 0. The molecule has 4 rings (SSSR count). The van der Waals surface area contributed by atoms with E-state index in [9.17, 15) is 5.26 Å². The number of rotatable bonds is 3. The molecular formula is C20H20N2S. The van der Waals surface area contributed by atoms with Crippen molar-refractivity contribution >= 4 is 11.8 Å². The van der Waals surface area contributed by atoms with E-state index in [0.29, 0.717) is 5.25 Å². The number of pyridine rings is 1. The minimum absolute atomic E-state index is 0.637. The number of aromatic nitrogens is 1. The Bertz CT molecular complexity index is 755. The lowest BCUT2D eigenvalue weighted by Gasteiger charge is -2.15. The Labute approximate surface area is 141 Å². The van der Waals surface area contributed by atoms with Gasteiger partial charge in [0.25, 0.3) is 0 Å². The minimum atomic E-state index is 0.637. The molecule has 0 spiro atoms. The molecule has 2 aromatic rings. The molecule has 3 heteroatoms. The lowest BCUT2D eigenvalue weighted by atomic mass is 10.00. The summed E-state index contributed by atoms with van der Waals surface area (Å²) in [5, 5.41) is 11.3. The fraction of sp³-hybridized carbons (Fsp3) is 0.400. The lowest BCUT2D eigenvalue weighted by Crippen LogP contribution is -2.03. The Morgan fingerprint density at radius 2 is 1.74 bits per heavy atom. The van der Waals surface area contributed by atoms with Crippen molar-refractivity contribution < 1.29 is 0 Å². The largest absolute Gasteiger partial charge is 0.240 e. The number of thioether (sulfide) groups is 1. The second-order valence-electron chi connectivity index (χ2n) is 6.45. The summed E-state index contributed by atoms with van der Waals surface area (Å²) in [6.45, 7) is 0. The van der Waals surface area contributed by atoms with E-state index in [1.165, 1.54) is 42.4 Å². The molecule has 0 aliphatic heterocycles. The fourth-order valence-corrected chi connectivity index (χ4v) is 5.15. The van der Waals surface area contributed by atoms with Crippen molar-refractivity contribution in [3.05, 3.63) is 47.0 Å². The normalized spacial score (nSPS) is 17.2. The summed E-state index contributed by atoms with van der Waals surface area (Å²) >= 11 is 1.84. The summed E-state index contributed by atoms with van der Waals surface area (Å²) in [4.78, 5) is 4.99. The van der Waals surface area contributed by atoms with Crippen LogP contribution < -0.4 is 0 Å². The zero-order chi connectivity index (χ0) is 15.6. The van der Waals surface area contributed by atoms with E-state index >= 15 is 0 Å². The second-order valence-corrected chi connectivity index (χ2v) is 7.74. The smallest absolute Gasteiger partial charge is 0.115 e. The number of hydrogen-bond acceptors (Lipinski definition) is 3. The molecule has 1 aromatic heterocycles. The number of nitriles is 1. The first-order chi connectivity index (χ1) is 11.4. The van der Waals surface area contributed by atoms with E-state index in [1.807, 2.05) is 17.8 Å². The summed E-state index contributed by atoms with van der Waals surface area (Å²) in [6.07, 6.45) is 8.37. The summed E-state index contributed by atoms with van der Waals surface area (Å²) in [5.41, 5.74) is 5.72. The van der Waals surface area contributed by atoms with Crippen LogP contribution in [0.4, 0.5) is 0 Å². The maximum Gasteiger partial charge on any atom is 0.115 e. The molecular weight excluding hydrogens is 300 g/mol. The van der Waals surface area contributed by atoms with E-state index in [0.717, 1.165) is 35.5 Å². The van der Waals surface area contributed by atoms with Gasteiger partial charge >= 0.3 is 0 Å². The Kier molecular flexibility index (Phi) is 4.10.